The van der Waals surface area contributed by atoms with Crippen molar-refractivity contribution in [1.29, 1.82) is 0 Å². The minimum Gasteiger partial charge on any atom is -0.496 e. The van der Waals surface area contributed by atoms with E-state index < -0.39 is 0 Å². The Morgan fingerprint density at radius 3 is 2.46 bits per heavy atom. The third-order valence-electron chi connectivity index (χ3n) is 4.06. The molecule has 0 radical (unpaired) electrons. The number of thiocarbonyl (C=S) groups is 1. The zero-order valence-electron chi connectivity index (χ0n) is 14.3. The van der Waals surface area contributed by atoms with Crippen molar-refractivity contribution >= 4 is 51.3 Å². The second-order valence-electron chi connectivity index (χ2n) is 5.72. The van der Waals surface area contributed by atoms with Crippen molar-refractivity contribution in [2.24, 2.45) is 0 Å². The van der Waals surface area contributed by atoms with E-state index in [9.17, 15) is 4.79 Å². The highest BCUT2D eigenvalue weighted by Gasteiger charge is 2.15. The Bertz CT molecular complexity index is 1000. The largest absolute Gasteiger partial charge is 0.496 e. The summed E-state index contributed by atoms with van der Waals surface area (Å²) in [4.78, 5) is 12.7. The van der Waals surface area contributed by atoms with Gasteiger partial charge in [-0.25, -0.2) is 0 Å². The topological polar surface area (TPSA) is 50.4 Å². The number of rotatable bonds is 3. The maximum atomic E-state index is 12.7. The van der Waals surface area contributed by atoms with E-state index in [-0.39, 0.29) is 11.0 Å². The average Bonchev–Trinajstić information content (AvgIpc) is 2.64. The zero-order chi connectivity index (χ0) is 18.7. The third kappa shape index (κ3) is 3.79. The molecule has 0 bridgehead atoms. The van der Waals surface area contributed by atoms with Gasteiger partial charge in [0, 0.05) is 10.7 Å². The smallest absolute Gasteiger partial charge is 0.261 e. The molecule has 0 aliphatic heterocycles. The standard InChI is InChI=1S/C20H17ClN2O2S/c1-12-16(21)8-5-9-17(12)22-20(26)23-19(24)15-10-13-6-3-4-7-14(13)11-18(15)25-2/h3-11H,1-2H3,(H2,22,23,24,26). The third-order valence-corrected chi connectivity index (χ3v) is 4.67. The van der Waals surface area contributed by atoms with Crippen LogP contribution in [0, 0.1) is 6.92 Å². The number of carbonyl (C=O) groups is 1. The van der Waals surface area contributed by atoms with E-state index in [0.717, 1.165) is 22.0 Å². The predicted octanol–water partition coefficient (Wildman–Crippen LogP) is 4.94. The lowest BCUT2D eigenvalue weighted by atomic mass is 10.1. The van der Waals surface area contributed by atoms with Crippen LogP contribution in [0.4, 0.5) is 5.69 Å². The van der Waals surface area contributed by atoms with Crippen molar-refractivity contribution in [3.63, 3.8) is 0 Å². The first kappa shape index (κ1) is 18.2. The number of methoxy groups -OCH3 is 1. The minimum atomic E-state index is -0.343. The number of halogens is 1. The summed E-state index contributed by atoms with van der Waals surface area (Å²) in [7, 11) is 1.53. The summed E-state index contributed by atoms with van der Waals surface area (Å²) >= 11 is 11.4. The lowest BCUT2D eigenvalue weighted by molar-refractivity contribution is 0.0975. The van der Waals surface area contributed by atoms with E-state index in [1.165, 1.54) is 7.11 Å². The zero-order valence-corrected chi connectivity index (χ0v) is 15.9. The van der Waals surface area contributed by atoms with Gasteiger partial charge < -0.3 is 10.1 Å². The summed E-state index contributed by atoms with van der Waals surface area (Å²) in [5.74, 6) is 0.146. The molecule has 0 heterocycles. The highest BCUT2D eigenvalue weighted by Crippen LogP contribution is 2.26. The van der Waals surface area contributed by atoms with Crippen LogP contribution in [0.15, 0.2) is 54.6 Å². The number of ether oxygens (including phenoxy) is 1. The van der Waals surface area contributed by atoms with E-state index in [1.807, 2.05) is 49.4 Å². The summed E-state index contributed by atoms with van der Waals surface area (Å²) in [5.41, 5.74) is 2.01. The fourth-order valence-electron chi connectivity index (χ4n) is 2.63. The quantitative estimate of drug-likeness (QED) is 0.628. The van der Waals surface area contributed by atoms with Crippen molar-refractivity contribution in [2.75, 3.05) is 12.4 Å². The van der Waals surface area contributed by atoms with Gasteiger partial charge in [-0.1, -0.05) is 41.9 Å². The lowest BCUT2D eigenvalue weighted by Crippen LogP contribution is -2.34. The minimum absolute atomic E-state index is 0.190. The molecule has 2 N–H and O–H groups in total. The first-order valence-electron chi connectivity index (χ1n) is 7.94. The molecule has 26 heavy (non-hydrogen) atoms. The van der Waals surface area contributed by atoms with Gasteiger partial charge in [0.25, 0.3) is 5.91 Å². The maximum Gasteiger partial charge on any atom is 0.261 e. The number of fused-ring (bicyclic) bond motifs is 1. The second kappa shape index (κ2) is 7.72. The molecule has 0 aliphatic carbocycles. The number of amides is 1. The Morgan fingerprint density at radius 2 is 1.77 bits per heavy atom. The molecule has 3 aromatic carbocycles. The molecule has 0 aromatic heterocycles. The van der Waals surface area contributed by atoms with Crippen LogP contribution in [0.2, 0.25) is 5.02 Å². The maximum absolute atomic E-state index is 12.7. The molecule has 1 amide bonds. The molecule has 132 valence electrons. The number of nitrogens with one attached hydrogen (secondary N) is 2. The van der Waals surface area contributed by atoms with Crippen molar-refractivity contribution in [3.8, 4) is 5.75 Å². The van der Waals surface area contributed by atoms with Crippen LogP contribution in [0.3, 0.4) is 0 Å². The number of hydrogen-bond acceptors (Lipinski definition) is 3. The number of hydrogen-bond donors (Lipinski definition) is 2. The summed E-state index contributed by atoms with van der Waals surface area (Å²) < 4.78 is 5.37. The van der Waals surface area contributed by atoms with Gasteiger partial charge in [0.2, 0.25) is 0 Å². The van der Waals surface area contributed by atoms with Gasteiger partial charge in [-0.15, -0.1) is 0 Å². The first-order valence-corrected chi connectivity index (χ1v) is 8.72. The highest BCUT2D eigenvalue weighted by atomic mass is 35.5. The second-order valence-corrected chi connectivity index (χ2v) is 6.54. The van der Waals surface area contributed by atoms with E-state index in [0.29, 0.717) is 16.3 Å². The Kier molecular flexibility index (Phi) is 5.40. The Morgan fingerprint density at radius 1 is 1.08 bits per heavy atom. The number of benzene rings is 3. The average molecular weight is 385 g/mol. The lowest BCUT2D eigenvalue weighted by Gasteiger charge is -2.14. The normalized spacial score (nSPS) is 10.4. The van der Waals surface area contributed by atoms with Gasteiger partial charge in [0.15, 0.2) is 5.11 Å². The molecule has 0 atom stereocenters. The monoisotopic (exact) mass is 384 g/mol. The first-order chi connectivity index (χ1) is 12.5. The van der Waals surface area contributed by atoms with Gasteiger partial charge in [0.1, 0.15) is 5.75 Å². The molecule has 0 spiro atoms. The molecular weight excluding hydrogens is 368 g/mol. The van der Waals surface area contributed by atoms with E-state index in [1.54, 1.807) is 12.1 Å². The van der Waals surface area contributed by atoms with Crippen molar-refractivity contribution < 1.29 is 9.53 Å². The van der Waals surface area contributed by atoms with Crippen LogP contribution in [0.25, 0.3) is 10.8 Å². The van der Waals surface area contributed by atoms with Crippen molar-refractivity contribution in [2.45, 2.75) is 6.92 Å². The summed E-state index contributed by atoms with van der Waals surface area (Å²) in [5, 5.41) is 8.45. The molecule has 3 rings (SSSR count). The van der Waals surface area contributed by atoms with Gasteiger partial charge in [-0.2, -0.15) is 0 Å². The number of anilines is 1. The molecule has 4 nitrogen and oxygen atoms in total. The van der Waals surface area contributed by atoms with Crippen LogP contribution in [-0.2, 0) is 0 Å². The van der Waals surface area contributed by atoms with Crippen LogP contribution in [0.5, 0.6) is 5.75 Å². The van der Waals surface area contributed by atoms with Crippen molar-refractivity contribution in [3.05, 3.63) is 70.7 Å². The fraction of sp³-hybridized carbons (Fsp3) is 0.100. The van der Waals surface area contributed by atoms with Crippen LogP contribution in [0.1, 0.15) is 15.9 Å². The molecular formula is C20H17ClN2O2S. The van der Waals surface area contributed by atoms with E-state index in [4.69, 9.17) is 28.6 Å². The van der Waals surface area contributed by atoms with Crippen LogP contribution < -0.4 is 15.4 Å². The predicted molar refractivity (Wildman–Crippen MR) is 110 cm³/mol. The van der Waals surface area contributed by atoms with Gasteiger partial charge in [-0.05, 0) is 59.7 Å². The number of carbonyl (C=O) groups excluding carboxylic acids is 1. The summed E-state index contributed by atoms with van der Waals surface area (Å²) in [6, 6.07) is 16.8. The van der Waals surface area contributed by atoms with E-state index in [2.05, 4.69) is 10.6 Å². The SMILES string of the molecule is COc1cc2ccccc2cc1C(=O)NC(=S)Nc1cccc(Cl)c1C. The fourth-order valence-corrected chi connectivity index (χ4v) is 3.01. The molecule has 0 saturated heterocycles. The Hall–Kier alpha value is -2.63. The van der Waals surface area contributed by atoms with Gasteiger partial charge >= 0.3 is 0 Å². The van der Waals surface area contributed by atoms with Gasteiger partial charge in [-0.3, -0.25) is 10.1 Å². The molecule has 0 saturated carbocycles. The highest BCUT2D eigenvalue weighted by molar-refractivity contribution is 7.80. The summed E-state index contributed by atoms with van der Waals surface area (Å²) in [6.45, 7) is 1.88. The molecule has 0 aliphatic rings. The Labute approximate surface area is 162 Å². The molecule has 0 unspecified atom stereocenters. The van der Waals surface area contributed by atoms with Crippen LogP contribution >= 0.6 is 23.8 Å². The molecule has 0 fully saturated rings. The van der Waals surface area contributed by atoms with Crippen LogP contribution in [-0.4, -0.2) is 18.1 Å². The van der Waals surface area contributed by atoms with E-state index >= 15 is 0 Å². The summed E-state index contributed by atoms with van der Waals surface area (Å²) in [6.07, 6.45) is 0. The van der Waals surface area contributed by atoms with Crippen molar-refractivity contribution in [1.82, 2.24) is 5.32 Å². The molecule has 6 heteroatoms. The molecule has 3 aromatic rings. The Balaban J connectivity index is 1.82. The van der Waals surface area contributed by atoms with Gasteiger partial charge in [0.05, 0.1) is 12.7 Å².